The first-order valence-corrected chi connectivity index (χ1v) is 5.40. The SMILES string of the molecule is COC(=O)C(O)C1CC(c2ccc(O)cc2)=NO1. The standard InChI is InChI=1S/C12H13NO5/c1-17-12(16)11(15)10-6-9(13-18-10)7-2-4-8(14)5-3-7/h2-5,10-11,14-15H,6H2,1H3. The van der Waals surface area contributed by atoms with Crippen molar-refractivity contribution in [2.45, 2.75) is 18.6 Å². The number of phenolic OH excluding ortho intramolecular Hbond substituents is 1. The lowest BCUT2D eigenvalue weighted by Crippen LogP contribution is -2.35. The fourth-order valence-corrected chi connectivity index (χ4v) is 1.66. The molecule has 2 N–H and O–H groups in total. The quantitative estimate of drug-likeness (QED) is 0.760. The van der Waals surface area contributed by atoms with Gasteiger partial charge in [-0.1, -0.05) is 5.16 Å². The summed E-state index contributed by atoms with van der Waals surface area (Å²) in [4.78, 5) is 16.2. The zero-order valence-corrected chi connectivity index (χ0v) is 9.74. The van der Waals surface area contributed by atoms with Gasteiger partial charge in [0, 0.05) is 6.42 Å². The summed E-state index contributed by atoms with van der Waals surface area (Å²) >= 11 is 0. The van der Waals surface area contributed by atoms with Crippen molar-refractivity contribution in [3.05, 3.63) is 29.8 Å². The van der Waals surface area contributed by atoms with Crippen molar-refractivity contribution in [1.82, 2.24) is 0 Å². The summed E-state index contributed by atoms with van der Waals surface area (Å²) in [6, 6.07) is 6.43. The van der Waals surface area contributed by atoms with Gasteiger partial charge in [-0.3, -0.25) is 0 Å². The number of esters is 1. The molecule has 0 radical (unpaired) electrons. The first-order chi connectivity index (χ1) is 8.61. The molecule has 2 unspecified atom stereocenters. The van der Waals surface area contributed by atoms with E-state index in [1.807, 2.05) is 0 Å². The minimum Gasteiger partial charge on any atom is -0.508 e. The Morgan fingerprint density at radius 2 is 2.17 bits per heavy atom. The molecule has 2 atom stereocenters. The highest BCUT2D eigenvalue weighted by Gasteiger charge is 2.34. The van der Waals surface area contributed by atoms with Gasteiger partial charge >= 0.3 is 5.97 Å². The van der Waals surface area contributed by atoms with Crippen molar-refractivity contribution >= 4 is 11.7 Å². The zero-order valence-electron chi connectivity index (χ0n) is 9.74. The van der Waals surface area contributed by atoms with Crippen LogP contribution in [0.1, 0.15) is 12.0 Å². The number of phenols is 1. The topological polar surface area (TPSA) is 88.4 Å². The van der Waals surface area contributed by atoms with E-state index in [1.165, 1.54) is 19.2 Å². The van der Waals surface area contributed by atoms with E-state index in [9.17, 15) is 15.0 Å². The number of aliphatic hydroxyl groups is 1. The molecule has 0 spiro atoms. The first kappa shape index (κ1) is 12.4. The van der Waals surface area contributed by atoms with Crippen LogP contribution < -0.4 is 0 Å². The van der Waals surface area contributed by atoms with E-state index in [0.29, 0.717) is 12.1 Å². The minimum atomic E-state index is -1.35. The molecule has 0 fully saturated rings. The van der Waals surface area contributed by atoms with Gasteiger partial charge in [0.1, 0.15) is 5.75 Å². The Morgan fingerprint density at radius 3 is 2.78 bits per heavy atom. The smallest absolute Gasteiger partial charge is 0.338 e. The van der Waals surface area contributed by atoms with E-state index < -0.39 is 18.2 Å². The van der Waals surface area contributed by atoms with E-state index in [4.69, 9.17) is 4.84 Å². The van der Waals surface area contributed by atoms with Gasteiger partial charge in [0.2, 0.25) is 0 Å². The predicted molar refractivity (Wildman–Crippen MR) is 62.2 cm³/mol. The molecule has 6 heteroatoms. The van der Waals surface area contributed by atoms with Gasteiger partial charge < -0.3 is 19.8 Å². The highest BCUT2D eigenvalue weighted by molar-refractivity contribution is 6.01. The molecular formula is C12H13NO5. The largest absolute Gasteiger partial charge is 0.508 e. The monoisotopic (exact) mass is 251 g/mol. The number of hydrogen-bond donors (Lipinski definition) is 2. The maximum atomic E-state index is 11.2. The molecule has 0 saturated heterocycles. The Balaban J connectivity index is 2.03. The van der Waals surface area contributed by atoms with Crippen molar-refractivity contribution in [2.75, 3.05) is 7.11 Å². The van der Waals surface area contributed by atoms with Crippen LogP contribution in [0.3, 0.4) is 0 Å². The molecule has 0 amide bonds. The lowest BCUT2D eigenvalue weighted by Gasteiger charge is -2.13. The summed E-state index contributed by atoms with van der Waals surface area (Å²) in [5.74, 6) is -0.591. The number of benzene rings is 1. The summed E-state index contributed by atoms with van der Waals surface area (Å²) in [5, 5.41) is 22.6. The third-order valence-electron chi connectivity index (χ3n) is 2.69. The second-order valence-corrected chi connectivity index (χ2v) is 3.90. The summed E-state index contributed by atoms with van der Waals surface area (Å²) in [6.07, 6.45) is -1.78. The molecule has 2 rings (SSSR count). The summed E-state index contributed by atoms with van der Waals surface area (Å²) in [5.41, 5.74) is 1.38. The van der Waals surface area contributed by atoms with Crippen LogP contribution in [0.25, 0.3) is 0 Å². The molecule has 0 bridgehead atoms. The molecule has 1 aromatic rings. The van der Waals surface area contributed by atoms with Gasteiger partial charge in [0.05, 0.1) is 12.8 Å². The molecule has 0 aliphatic carbocycles. The fraction of sp³-hybridized carbons (Fsp3) is 0.333. The highest BCUT2D eigenvalue weighted by Crippen LogP contribution is 2.21. The van der Waals surface area contributed by atoms with Gasteiger partial charge in [-0.15, -0.1) is 0 Å². The Kier molecular flexibility index (Phi) is 3.47. The third kappa shape index (κ3) is 2.43. The minimum absolute atomic E-state index is 0.157. The maximum absolute atomic E-state index is 11.2. The van der Waals surface area contributed by atoms with Crippen molar-refractivity contribution in [1.29, 1.82) is 0 Å². The Labute approximate surface area is 103 Å². The molecule has 1 heterocycles. The van der Waals surface area contributed by atoms with Gasteiger partial charge in [-0.05, 0) is 29.8 Å². The van der Waals surface area contributed by atoms with Crippen LogP contribution in [0.4, 0.5) is 0 Å². The number of carbonyl (C=O) groups excluding carboxylic acids is 1. The van der Waals surface area contributed by atoms with Gasteiger partial charge in [-0.25, -0.2) is 4.79 Å². The van der Waals surface area contributed by atoms with E-state index in [-0.39, 0.29) is 5.75 Å². The van der Waals surface area contributed by atoms with Crippen LogP contribution in [-0.4, -0.2) is 41.2 Å². The van der Waals surface area contributed by atoms with Crippen molar-refractivity contribution in [3.8, 4) is 5.75 Å². The summed E-state index contributed by atoms with van der Waals surface area (Å²) < 4.78 is 4.43. The van der Waals surface area contributed by atoms with Crippen LogP contribution in [0.5, 0.6) is 5.75 Å². The van der Waals surface area contributed by atoms with Gasteiger partial charge in [0.25, 0.3) is 0 Å². The summed E-state index contributed by atoms with van der Waals surface area (Å²) in [7, 11) is 1.20. The molecular weight excluding hydrogens is 238 g/mol. The molecule has 0 aromatic heterocycles. The molecule has 1 aliphatic rings. The molecule has 96 valence electrons. The second-order valence-electron chi connectivity index (χ2n) is 3.90. The predicted octanol–water partition coefficient (Wildman–Crippen LogP) is 0.419. The number of carbonyl (C=O) groups is 1. The van der Waals surface area contributed by atoms with Crippen LogP contribution in [-0.2, 0) is 14.4 Å². The van der Waals surface area contributed by atoms with Gasteiger partial charge in [0.15, 0.2) is 12.2 Å². The van der Waals surface area contributed by atoms with Crippen molar-refractivity contribution < 1.29 is 24.6 Å². The van der Waals surface area contributed by atoms with E-state index >= 15 is 0 Å². The fourth-order valence-electron chi connectivity index (χ4n) is 1.66. The molecule has 1 aliphatic heterocycles. The first-order valence-electron chi connectivity index (χ1n) is 5.40. The average molecular weight is 251 g/mol. The third-order valence-corrected chi connectivity index (χ3v) is 2.69. The van der Waals surface area contributed by atoms with E-state index in [0.717, 1.165) is 5.56 Å². The number of oxime groups is 1. The molecule has 6 nitrogen and oxygen atoms in total. The number of aliphatic hydroxyl groups excluding tert-OH is 1. The highest BCUT2D eigenvalue weighted by atomic mass is 16.7. The lowest BCUT2D eigenvalue weighted by molar-refractivity contribution is -0.158. The number of rotatable bonds is 3. The second kappa shape index (κ2) is 5.05. The van der Waals surface area contributed by atoms with E-state index in [2.05, 4.69) is 9.89 Å². The van der Waals surface area contributed by atoms with Crippen molar-refractivity contribution in [2.24, 2.45) is 5.16 Å². The average Bonchev–Trinajstić information content (AvgIpc) is 2.87. The Hall–Kier alpha value is -2.08. The number of ether oxygens (including phenoxy) is 1. The Morgan fingerprint density at radius 1 is 1.50 bits per heavy atom. The zero-order chi connectivity index (χ0) is 13.1. The van der Waals surface area contributed by atoms with Gasteiger partial charge in [-0.2, -0.15) is 0 Å². The Bertz CT molecular complexity index is 468. The van der Waals surface area contributed by atoms with Crippen LogP contribution in [0.15, 0.2) is 29.4 Å². The lowest BCUT2D eigenvalue weighted by atomic mass is 10.0. The number of aromatic hydroxyl groups is 1. The number of hydrogen-bond acceptors (Lipinski definition) is 6. The number of methoxy groups -OCH3 is 1. The van der Waals surface area contributed by atoms with Crippen LogP contribution in [0, 0.1) is 0 Å². The normalized spacial score (nSPS) is 19.9. The van der Waals surface area contributed by atoms with E-state index in [1.54, 1.807) is 12.1 Å². The maximum Gasteiger partial charge on any atom is 0.338 e. The molecule has 1 aromatic carbocycles. The van der Waals surface area contributed by atoms with Crippen LogP contribution >= 0.6 is 0 Å². The summed E-state index contributed by atoms with van der Waals surface area (Å²) in [6.45, 7) is 0. The van der Waals surface area contributed by atoms with Crippen molar-refractivity contribution in [3.63, 3.8) is 0 Å². The molecule has 0 saturated carbocycles. The van der Waals surface area contributed by atoms with Crippen LogP contribution in [0.2, 0.25) is 0 Å². The number of nitrogens with zero attached hydrogens (tertiary/aromatic N) is 1. The molecule has 18 heavy (non-hydrogen) atoms.